The highest BCUT2D eigenvalue weighted by Gasteiger charge is 2.41. The Kier molecular flexibility index (Phi) is 3.97. The van der Waals surface area contributed by atoms with Gasteiger partial charge < -0.3 is 10.4 Å². The summed E-state index contributed by atoms with van der Waals surface area (Å²) in [4.78, 5) is 11.6. The van der Waals surface area contributed by atoms with Gasteiger partial charge >= 0.3 is 0 Å². The van der Waals surface area contributed by atoms with Crippen LogP contribution in [-0.2, 0) is 11.2 Å². The van der Waals surface area contributed by atoms with Crippen LogP contribution < -0.4 is 5.32 Å². The molecule has 1 aliphatic rings. The van der Waals surface area contributed by atoms with Gasteiger partial charge in [-0.1, -0.05) is 12.1 Å². The molecule has 0 unspecified atom stereocenters. The Bertz CT molecular complexity index is 412. The summed E-state index contributed by atoms with van der Waals surface area (Å²) in [7, 11) is 0. The first kappa shape index (κ1) is 13.0. The maximum absolute atomic E-state index is 12.7. The highest BCUT2D eigenvalue weighted by molar-refractivity contribution is 5.76. The zero-order valence-corrected chi connectivity index (χ0v) is 10.3. The molecule has 0 aromatic heterocycles. The van der Waals surface area contributed by atoms with E-state index < -0.39 is 0 Å². The van der Waals surface area contributed by atoms with Gasteiger partial charge in [0.25, 0.3) is 0 Å². The van der Waals surface area contributed by atoms with Gasteiger partial charge in [0.1, 0.15) is 5.82 Å². The number of hydrogen-bond acceptors (Lipinski definition) is 2. The maximum atomic E-state index is 12.7. The van der Waals surface area contributed by atoms with E-state index in [1.54, 1.807) is 12.1 Å². The monoisotopic (exact) mass is 251 g/mol. The second kappa shape index (κ2) is 5.48. The number of hydrogen-bond donors (Lipinski definition) is 2. The van der Waals surface area contributed by atoms with Crippen molar-refractivity contribution in [3.8, 4) is 0 Å². The Morgan fingerprint density at radius 1 is 1.33 bits per heavy atom. The molecule has 4 heteroatoms. The SMILES string of the molecule is O=C(CCc1ccc(F)cc1)NCC1(CO)CC1. The molecular formula is C14H18FNO2. The molecule has 98 valence electrons. The largest absolute Gasteiger partial charge is 0.396 e. The molecule has 0 aliphatic heterocycles. The molecule has 0 bridgehead atoms. The fraction of sp³-hybridized carbons (Fsp3) is 0.500. The third-order valence-electron chi connectivity index (χ3n) is 3.51. The van der Waals surface area contributed by atoms with Crippen LogP contribution in [0.4, 0.5) is 4.39 Å². The Hall–Kier alpha value is -1.42. The summed E-state index contributed by atoms with van der Waals surface area (Å²) >= 11 is 0. The predicted molar refractivity (Wildman–Crippen MR) is 66.5 cm³/mol. The lowest BCUT2D eigenvalue weighted by atomic mass is 10.1. The quantitative estimate of drug-likeness (QED) is 0.807. The van der Waals surface area contributed by atoms with Crippen molar-refractivity contribution >= 4 is 5.91 Å². The van der Waals surface area contributed by atoms with Crippen LogP contribution >= 0.6 is 0 Å². The van der Waals surface area contributed by atoms with E-state index in [1.165, 1.54) is 12.1 Å². The summed E-state index contributed by atoms with van der Waals surface area (Å²) < 4.78 is 12.7. The van der Waals surface area contributed by atoms with Gasteiger partial charge in [-0.05, 0) is 37.0 Å². The molecule has 2 rings (SSSR count). The summed E-state index contributed by atoms with van der Waals surface area (Å²) in [6, 6.07) is 6.19. The number of halogens is 1. The minimum absolute atomic E-state index is 0.0148. The van der Waals surface area contributed by atoms with E-state index in [2.05, 4.69) is 5.32 Å². The van der Waals surface area contributed by atoms with Crippen LogP contribution in [0, 0.1) is 11.2 Å². The number of aliphatic hydroxyl groups excluding tert-OH is 1. The lowest BCUT2D eigenvalue weighted by Crippen LogP contribution is -2.31. The molecule has 0 radical (unpaired) electrons. The minimum atomic E-state index is -0.262. The van der Waals surface area contributed by atoms with Crippen LogP contribution in [0.3, 0.4) is 0 Å². The normalized spacial score (nSPS) is 16.3. The van der Waals surface area contributed by atoms with Gasteiger partial charge in [-0.15, -0.1) is 0 Å². The summed E-state index contributed by atoms with van der Waals surface area (Å²) in [5, 5.41) is 12.0. The number of benzene rings is 1. The van der Waals surface area contributed by atoms with Gasteiger partial charge in [0.15, 0.2) is 0 Å². The Balaban J connectivity index is 1.70. The number of aliphatic hydroxyl groups is 1. The van der Waals surface area contributed by atoms with Gasteiger partial charge in [0.05, 0.1) is 6.61 Å². The van der Waals surface area contributed by atoms with Crippen LogP contribution in [-0.4, -0.2) is 24.2 Å². The molecule has 1 fully saturated rings. The smallest absolute Gasteiger partial charge is 0.220 e. The van der Waals surface area contributed by atoms with Gasteiger partial charge in [0.2, 0.25) is 5.91 Å². The minimum Gasteiger partial charge on any atom is -0.396 e. The van der Waals surface area contributed by atoms with Crippen LogP contribution in [0.25, 0.3) is 0 Å². The molecule has 0 atom stereocenters. The first-order valence-corrected chi connectivity index (χ1v) is 6.26. The number of nitrogens with one attached hydrogen (secondary N) is 1. The molecule has 1 saturated carbocycles. The highest BCUT2D eigenvalue weighted by Crippen LogP contribution is 2.44. The number of amides is 1. The van der Waals surface area contributed by atoms with E-state index in [0.29, 0.717) is 19.4 Å². The van der Waals surface area contributed by atoms with Crippen molar-refractivity contribution in [2.75, 3.05) is 13.2 Å². The maximum Gasteiger partial charge on any atom is 0.220 e. The number of rotatable bonds is 6. The van der Waals surface area contributed by atoms with E-state index in [0.717, 1.165) is 18.4 Å². The molecule has 1 aliphatic carbocycles. The number of carbonyl (C=O) groups is 1. The zero-order valence-electron chi connectivity index (χ0n) is 10.3. The fourth-order valence-corrected chi connectivity index (χ4v) is 1.85. The van der Waals surface area contributed by atoms with E-state index >= 15 is 0 Å². The second-order valence-corrected chi connectivity index (χ2v) is 5.06. The molecule has 1 aromatic carbocycles. The molecule has 1 aromatic rings. The third kappa shape index (κ3) is 3.53. The van der Waals surface area contributed by atoms with Crippen LogP contribution in [0.5, 0.6) is 0 Å². The van der Waals surface area contributed by atoms with Crippen molar-refractivity contribution in [1.82, 2.24) is 5.32 Å². The Morgan fingerprint density at radius 2 is 2.00 bits per heavy atom. The second-order valence-electron chi connectivity index (χ2n) is 5.06. The average Bonchev–Trinajstić information content (AvgIpc) is 3.16. The fourth-order valence-electron chi connectivity index (χ4n) is 1.85. The summed E-state index contributed by atoms with van der Waals surface area (Å²) in [6.07, 6.45) is 2.98. The molecule has 18 heavy (non-hydrogen) atoms. The zero-order chi connectivity index (χ0) is 13.0. The van der Waals surface area contributed by atoms with E-state index in [-0.39, 0.29) is 23.7 Å². The Labute approximate surface area is 106 Å². The Morgan fingerprint density at radius 3 is 2.56 bits per heavy atom. The molecule has 0 heterocycles. The molecule has 2 N–H and O–H groups in total. The number of carbonyl (C=O) groups excluding carboxylic acids is 1. The molecule has 3 nitrogen and oxygen atoms in total. The third-order valence-corrected chi connectivity index (χ3v) is 3.51. The number of aryl methyl sites for hydroxylation is 1. The average molecular weight is 251 g/mol. The summed E-state index contributed by atoms with van der Waals surface area (Å²) in [5.41, 5.74) is 0.903. The van der Waals surface area contributed by atoms with Crippen molar-refractivity contribution in [1.29, 1.82) is 0 Å². The van der Waals surface area contributed by atoms with Crippen LogP contribution in [0.15, 0.2) is 24.3 Å². The summed E-state index contributed by atoms with van der Waals surface area (Å²) in [6.45, 7) is 0.705. The van der Waals surface area contributed by atoms with Crippen molar-refractivity contribution in [3.05, 3.63) is 35.6 Å². The summed E-state index contributed by atoms with van der Waals surface area (Å²) in [5.74, 6) is -0.277. The van der Waals surface area contributed by atoms with Crippen LogP contribution in [0.1, 0.15) is 24.8 Å². The lowest BCUT2D eigenvalue weighted by Gasteiger charge is -2.12. The van der Waals surface area contributed by atoms with Gasteiger partial charge in [-0.25, -0.2) is 4.39 Å². The van der Waals surface area contributed by atoms with Crippen molar-refractivity contribution < 1.29 is 14.3 Å². The first-order chi connectivity index (χ1) is 8.63. The lowest BCUT2D eigenvalue weighted by molar-refractivity contribution is -0.121. The van der Waals surface area contributed by atoms with Crippen LogP contribution in [0.2, 0.25) is 0 Å². The van der Waals surface area contributed by atoms with E-state index in [9.17, 15) is 9.18 Å². The highest BCUT2D eigenvalue weighted by atomic mass is 19.1. The standard InChI is InChI=1S/C14H18FNO2/c15-12-4-1-11(2-5-12)3-6-13(18)16-9-14(10-17)7-8-14/h1-2,4-5,17H,3,6-10H2,(H,16,18). The molecular weight excluding hydrogens is 233 g/mol. The van der Waals surface area contributed by atoms with E-state index in [1.807, 2.05) is 0 Å². The van der Waals surface area contributed by atoms with Crippen molar-refractivity contribution in [2.45, 2.75) is 25.7 Å². The van der Waals surface area contributed by atoms with Gasteiger partial charge in [0, 0.05) is 18.4 Å². The molecule has 0 spiro atoms. The van der Waals surface area contributed by atoms with E-state index in [4.69, 9.17) is 5.11 Å². The topological polar surface area (TPSA) is 49.3 Å². The first-order valence-electron chi connectivity index (χ1n) is 6.26. The van der Waals surface area contributed by atoms with Crippen molar-refractivity contribution in [3.63, 3.8) is 0 Å². The van der Waals surface area contributed by atoms with Gasteiger partial charge in [-0.2, -0.15) is 0 Å². The molecule has 0 saturated heterocycles. The molecule has 1 amide bonds. The van der Waals surface area contributed by atoms with Gasteiger partial charge in [-0.3, -0.25) is 4.79 Å². The predicted octanol–water partition coefficient (Wildman–Crippen LogP) is 1.65. The van der Waals surface area contributed by atoms with Crippen molar-refractivity contribution in [2.24, 2.45) is 5.41 Å².